The van der Waals surface area contributed by atoms with Crippen LogP contribution in [0.5, 0.6) is 11.5 Å². The van der Waals surface area contributed by atoms with Crippen LogP contribution in [0.2, 0.25) is 0 Å². The van der Waals surface area contributed by atoms with E-state index in [1.807, 2.05) is 6.07 Å². The Morgan fingerprint density at radius 1 is 0.917 bits per heavy atom. The van der Waals surface area contributed by atoms with Gasteiger partial charge in [0.2, 0.25) is 0 Å². The summed E-state index contributed by atoms with van der Waals surface area (Å²) in [4.78, 5) is 9.71. The van der Waals surface area contributed by atoms with Gasteiger partial charge in [-0.2, -0.15) is 0 Å². The molecular formula is C30H38N3O3-. The average Bonchev–Trinajstić information content (AvgIpc) is 3.61. The molecule has 0 bridgehead atoms. The van der Waals surface area contributed by atoms with Gasteiger partial charge in [0.15, 0.2) is 11.5 Å². The molecule has 0 amide bonds. The van der Waals surface area contributed by atoms with Crippen molar-refractivity contribution in [1.82, 2.24) is 4.90 Å². The molecule has 6 nitrogen and oxygen atoms in total. The number of anilines is 1. The minimum absolute atomic E-state index is 0.0117. The van der Waals surface area contributed by atoms with Crippen molar-refractivity contribution in [1.29, 1.82) is 0 Å². The highest BCUT2D eigenvalue weighted by atomic mass is 16.6. The zero-order valence-corrected chi connectivity index (χ0v) is 21.3. The largest absolute Gasteiger partial charge is 0.862 e. The van der Waals surface area contributed by atoms with Crippen molar-refractivity contribution in [2.45, 2.75) is 57.4 Å². The minimum Gasteiger partial charge on any atom is -0.862 e. The summed E-state index contributed by atoms with van der Waals surface area (Å²) in [7, 11) is 0. The van der Waals surface area contributed by atoms with E-state index in [2.05, 4.69) is 40.1 Å². The molecule has 0 aromatic heterocycles. The molecule has 0 spiro atoms. The van der Waals surface area contributed by atoms with Gasteiger partial charge in [-0.1, -0.05) is 12.1 Å². The third kappa shape index (κ3) is 5.34. The topological polar surface area (TPSA) is 60.4 Å². The number of ether oxygens (including phenoxy) is 2. The summed E-state index contributed by atoms with van der Waals surface area (Å²) in [5.41, 5.74) is 5.44. The lowest BCUT2D eigenvalue weighted by atomic mass is 9.91. The molecule has 3 aliphatic heterocycles. The number of hydrogen-bond donors (Lipinski definition) is 0. The van der Waals surface area contributed by atoms with Crippen LogP contribution in [0.25, 0.3) is 0 Å². The zero-order valence-electron chi connectivity index (χ0n) is 21.3. The molecule has 0 radical (unpaired) electrons. The lowest BCUT2D eigenvalue weighted by Crippen LogP contribution is -2.36. The van der Waals surface area contributed by atoms with E-state index in [1.54, 1.807) is 0 Å². The van der Waals surface area contributed by atoms with Crippen molar-refractivity contribution in [2.24, 2.45) is 10.9 Å². The first-order valence-corrected chi connectivity index (χ1v) is 13.9. The quantitative estimate of drug-likeness (QED) is 0.440. The van der Waals surface area contributed by atoms with Crippen LogP contribution in [-0.2, 0) is 19.3 Å². The Labute approximate surface area is 214 Å². The lowest BCUT2D eigenvalue weighted by molar-refractivity contribution is -0.223. The van der Waals surface area contributed by atoms with Gasteiger partial charge >= 0.3 is 0 Å². The van der Waals surface area contributed by atoms with Crippen LogP contribution in [-0.4, -0.2) is 62.8 Å². The summed E-state index contributed by atoms with van der Waals surface area (Å²) in [6.07, 6.45) is 9.10. The normalized spacial score (nSPS) is 23.1. The van der Waals surface area contributed by atoms with E-state index < -0.39 is 0 Å². The Bertz CT molecular complexity index is 1090. The van der Waals surface area contributed by atoms with Crippen molar-refractivity contribution in [3.05, 3.63) is 53.1 Å². The van der Waals surface area contributed by atoms with Gasteiger partial charge in [-0.05, 0) is 111 Å². The second-order valence-corrected chi connectivity index (χ2v) is 10.9. The Morgan fingerprint density at radius 3 is 2.58 bits per heavy atom. The fourth-order valence-corrected chi connectivity index (χ4v) is 6.30. The molecule has 2 atom stereocenters. The smallest absolute Gasteiger partial charge is 0.161 e. The molecule has 1 aliphatic carbocycles. The molecule has 6 heteroatoms. The molecule has 2 fully saturated rings. The molecule has 2 unspecified atom stereocenters. The number of hydrogen-bond acceptors (Lipinski definition) is 6. The number of benzene rings is 2. The van der Waals surface area contributed by atoms with Gasteiger partial charge in [0.05, 0.1) is 6.04 Å². The number of likely N-dealkylation sites (tertiary alicyclic amines) is 1. The van der Waals surface area contributed by atoms with Crippen molar-refractivity contribution < 1.29 is 14.6 Å². The van der Waals surface area contributed by atoms with Crippen LogP contribution in [0.4, 0.5) is 5.69 Å². The van der Waals surface area contributed by atoms with Crippen LogP contribution < -0.4 is 19.5 Å². The summed E-state index contributed by atoms with van der Waals surface area (Å²) in [6.45, 7) is 5.96. The highest BCUT2D eigenvalue weighted by molar-refractivity contribution is 5.76. The van der Waals surface area contributed by atoms with Crippen LogP contribution in [0.1, 0.15) is 48.8 Å². The first-order chi connectivity index (χ1) is 17.7. The van der Waals surface area contributed by atoms with Crippen molar-refractivity contribution in [2.75, 3.05) is 50.8 Å². The summed E-state index contributed by atoms with van der Waals surface area (Å²) in [5, 5.41) is 13.4. The van der Waals surface area contributed by atoms with E-state index in [-0.39, 0.29) is 17.9 Å². The molecule has 2 aromatic carbocycles. The van der Waals surface area contributed by atoms with Gasteiger partial charge in [0, 0.05) is 31.2 Å². The van der Waals surface area contributed by atoms with E-state index in [0.717, 1.165) is 62.6 Å². The second kappa shape index (κ2) is 10.7. The standard InChI is InChI=1S/C30H39N3O3/c34-30(25-11-14-33(20-25)27-9-8-23-5-1-2-6-24(23)19-27)31-26(21-32-12-3-4-13-32)17-22-7-10-28-29(18-22)36-16-15-35-28/h7-10,18-19,25-26H,1-6,11-17,20-21H2,(H,31,34)/p-1. The number of aliphatic imine (C=N–C) groups is 1. The maximum atomic E-state index is 13.4. The van der Waals surface area contributed by atoms with Crippen LogP contribution in [0, 0.1) is 5.92 Å². The lowest BCUT2D eigenvalue weighted by Gasteiger charge is -2.27. The number of fused-ring (bicyclic) bond motifs is 2. The van der Waals surface area contributed by atoms with Crippen LogP contribution in [0.3, 0.4) is 0 Å². The third-order valence-electron chi connectivity index (χ3n) is 8.29. The molecule has 36 heavy (non-hydrogen) atoms. The van der Waals surface area contributed by atoms with E-state index in [1.165, 1.54) is 55.3 Å². The summed E-state index contributed by atoms with van der Waals surface area (Å²) in [6, 6.07) is 13.1. The predicted octanol–water partition coefficient (Wildman–Crippen LogP) is 3.63. The van der Waals surface area contributed by atoms with Crippen molar-refractivity contribution >= 4 is 11.6 Å². The van der Waals surface area contributed by atoms with Gasteiger partial charge in [-0.3, -0.25) is 0 Å². The van der Waals surface area contributed by atoms with Crippen molar-refractivity contribution in [3.63, 3.8) is 0 Å². The molecule has 192 valence electrons. The van der Waals surface area contributed by atoms with E-state index in [9.17, 15) is 5.11 Å². The molecule has 2 aromatic rings. The zero-order chi connectivity index (χ0) is 24.3. The Morgan fingerprint density at radius 2 is 1.72 bits per heavy atom. The van der Waals surface area contributed by atoms with Crippen LogP contribution in [0.15, 0.2) is 41.4 Å². The molecular weight excluding hydrogens is 450 g/mol. The predicted molar refractivity (Wildman–Crippen MR) is 141 cm³/mol. The Kier molecular flexibility index (Phi) is 7.04. The molecule has 4 aliphatic rings. The molecule has 0 saturated carbocycles. The highest BCUT2D eigenvalue weighted by Gasteiger charge is 2.25. The van der Waals surface area contributed by atoms with E-state index >= 15 is 0 Å². The molecule has 0 N–H and O–H groups in total. The van der Waals surface area contributed by atoms with E-state index in [4.69, 9.17) is 14.5 Å². The second-order valence-electron chi connectivity index (χ2n) is 10.9. The average molecular weight is 489 g/mol. The maximum Gasteiger partial charge on any atom is 0.161 e. The Balaban J connectivity index is 1.15. The molecule has 3 heterocycles. The number of rotatable bonds is 7. The first kappa shape index (κ1) is 23.7. The monoisotopic (exact) mass is 488 g/mol. The SMILES string of the molecule is [O-]C(=NC(Cc1ccc2c(c1)OCCO2)CN1CCCC1)C1CCN(c2ccc3c(c2)CCCC3)C1. The first-order valence-electron chi connectivity index (χ1n) is 13.9. The molecule has 6 rings (SSSR count). The molecule has 2 saturated heterocycles. The van der Waals surface area contributed by atoms with Gasteiger partial charge in [0.1, 0.15) is 13.2 Å². The minimum atomic E-state index is -0.0315. The summed E-state index contributed by atoms with van der Waals surface area (Å²) >= 11 is 0. The fourth-order valence-electron chi connectivity index (χ4n) is 6.30. The number of aryl methyl sites for hydroxylation is 2. The maximum absolute atomic E-state index is 13.4. The summed E-state index contributed by atoms with van der Waals surface area (Å²) < 4.78 is 11.5. The van der Waals surface area contributed by atoms with Gasteiger partial charge in [0.25, 0.3) is 0 Å². The fraction of sp³-hybridized carbons (Fsp3) is 0.567. The highest BCUT2D eigenvalue weighted by Crippen LogP contribution is 2.32. The number of nitrogens with zero attached hydrogens (tertiary/aromatic N) is 3. The Hall–Kier alpha value is -2.73. The van der Waals surface area contributed by atoms with Gasteiger partial charge in [-0.15, -0.1) is 0 Å². The van der Waals surface area contributed by atoms with Crippen LogP contribution >= 0.6 is 0 Å². The van der Waals surface area contributed by atoms with Gasteiger partial charge < -0.3 is 29.4 Å². The van der Waals surface area contributed by atoms with E-state index in [0.29, 0.717) is 13.2 Å². The summed E-state index contributed by atoms with van der Waals surface area (Å²) in [5.74, 6) is 1.68. The van der Waals surface area contributed by atoms with Gasteiger partial charge in [-0.25, -0.2) is 0 Å². The van der Waals surface area contributed by atoms with Crippen molar-refractivity contribution in [3.8, 4) is 11.5 Å². The third-order valence-corrected chi connectivity index (χ3v) is 8.29.